The molecular weight excluding hydrogens is 208 g/mol. The Balaban J connectivity index is 1.92. The number of hydrogen-bond donors (Lipinski definition) is 1. The summed E-state index contributed by atoms with van der Waals surface area (Å²) in [5, 5.41) is 4.11. The second-order valence-corrected chi connectivity index (χ2v) is 4.14. The molecule has 0 unspecified atom stereocenters. The molecule has 2 rings (SSSR count). The average molecular weight is 226 g/mol. The largest absolute Gasteiger partial charge is 0.384 e. The minimum absolute atomic E-state index is 0.434. The Morgan fingerprint density at radius 1 is 1.44 bits per heavy atom. The van der Waals surface area contributed by atoms with Crippen molar-refractivity contribution >= 4 is 5.82 Å². The normalized spacial score (nSPS) is 19.7. The Hall–Kier alpha value is -1.11. The molecule has 0 spiro atoms. The summed E-state index contributed by atoms with van der Waals surface area (Å²) in [6.07, 6.45) is 1.80. The Morgan fingerprint density at radius 2 is 2.06 bits per heavy atom. The molecule has 0 aromatic carbocycles. The molecule has 0 saturated carbocycles. The van der Waals surface area contributed by atoms with E-state index in [4.69, 9.17) is 15.2 Å². The van der Waals surface area contributed by atoms with E-state index < -0.39 is 5.79 Å². The van der Waals surface area contributed by atoms with Gasteiger partial charge in [-0.15, -0.1) is 0 Å². The molecule has 16 heavy (non-hydrogen) atoms. The lowest BCUT2D eigenvalue weighted by atomic mass is 10.1. The van der Waals surface area contributed by atoms with E-state index in [-0.39, 0.29) is 0 Å². The highest BCUT2D eigenvalue weighted by Gasteiger charge is 2.43. The lowest BCUT2D eigenvalue weighted by molar-refractivity contribution is -0.277. The maximum atomic E-state index is 5.87. The molecular formula is C10H18N4O2. The molecule has 0 atom stereocenters. The van der Waals surface area contributed by atoms with Gasteiger partial charge in [-0.2, -0.15) is 5.10 Å². The highest BCUT2D eigenvalue weighted by molar-refractivity contribution is 5.38. The van der Waals surface area contributed by atoms with Gasteiger partial charge in [-0.25, -0.2) is 0 Å². The minimum Gasteiger partial charge on any atom is -0.384 e. The first kappa shape index (κ1) is 11.4. The van der Waals surface area contributed by atoms with Gasteiger partial charge >= 0.3 is 0 Å². The Labute approximate surface area is 94.9 Å². The Bertz CT molecular complexity index is 365. The molecule has 0 bridgehead atoms. The molecule has 0 aliphatic carbocycles. The number of ether oxygens (including phenoxy) is 2. The van der Waals surface area contributed by atoms with E-state index in [2.05, 4.69) is 10.00 Å². The summed E-state index contributed by atoms with van der Waals surface area (Å²) < 4.78 is 12.3. The van der Waals surface area contributed by atoms with E-state index in [1.165, 1.54) is 0 Å². The zero-order valence-corrected chi connectivity index (χ0v) is 9.93. The smallest absolute Gasteiger partial charge is 0.193 e. The second kappa shape index (κ2) is 4.04. The second-order valence-electron chi connectivity index (χ2n) is 4.14. The van der Waals surface area contributed by atoms with Gasteiger partial charge in [0.15, 0.2) is 5.79 Å². The Morgan fingerprint density at radius 3 is 2.50 bits per heavy atom. The molecule has 2 N–H and O–H groups in total. The van der Waals surface area contributed by atoms with Crippen LogP contribution in [0.25, 0.3) is 0 Å². The van der Waals surface area contributed by atoms with E-state index in [0.29, 0.717) is 5.82 Å². The summed E-state index contributed by atoms with van der Waals surface area (Å²) in [6.45, 7) is 2.30. The van der Waals surface area contributed by atoms with E-state index in [1.807, 2.05) is 7.05 Å². The maximum absolute atomic E-state index is 5.87. The van der Waals surface area contributed by atoms with Crippen LogP contribution in [0.4, 0.5) is 5.82 Å². The van der Waals surface area contributed by atoms with Gasteiger partial charge in [-0.3, -0.25) is 9.58 Å². The van der Waals surface area contributed by atoms with Crippen LogP contribution in [0.15, 0.2) is 6.20 Å². The lowest BCUT2D eigenvalue weighted by Gasteiger charge is -2.47. The van der Waals surface area contributed by atoms with E-state index in [1.54, 1.807) is 25.1 Å². The zero-order chi connectivity index (χ0) is 11.8. The number of rotatable bonds is 4. The van der Waals surface area contributed by atoms with Gasteiger partial charge in [0.25, 0.3) is 0 Å². The third kappa shape index (κ3) is 1.79. The summed E-state index contributed by atoms with van der Waals surface area (Å²) in [6, 6.07) is 0. The summed E-state index contributed by atoms with van der Waals surface area (Å²) in [5.74, 6) is 0.282. The topological polar surface area (TPSA) is 65.5 Å². The quantitative estimate of drug-likeness (QED) is 0.721. The van der Waals surface area contributed by atoms with Crippen LogP contribution in [0.2, 0.25) is 0 Å². The first-order chi connectivity index (χ1) is 7.60. The molecule has 6 heteroatoms. The highest BCUT2D eigenvalue weighted by atomic mass is 16.7. The van der Waals surface area contributed by atoms with Crippen molar-refractivity contribution in [2.75, 3.05) is 33.0 Å². The van der Waals surface area contributed by atoms with Crippen molar-refractivity contribution in [3.63, 3.8) is 0 Å². The fourth-order valence-corrected chi connectivity index (χ4v) is 1.94. The third-order valence-electron chi connectivity index (χ3n) is 3.13. The number of methoxy groups -OCH3 is 2. The van der Waals surface area contributed by atoms with Crippen molar-refractivity contribution in [3.8, 4) is 0 Å². The average Bonchev–Trinajstić information content (AvgIpc) is 2.54. The fourth-order valence-electron chi connectivity index (χ4n) is 1.94. The van der Waals surface area contributed by atoms with Crippen LogP contribution in [0.1, 0.15) is 5.56 Å². The van der Waals surface area contributed by atoms with Gasteiger partial charge in [0.05, 0.1) is 19.3 Å². The van der Waals surface area contributed by atoms with Crippen molar-refractivity contribution in [2.24, 2.45) is 7.05 Å². The number of aromatic nitrogens is 2. The number of nitrogens with zero attached hydrogens (tertiary/aromatic N) is 3. The third-order valence-corrected chi connectivity index (χ3v) is 3.13. The first-order valence-electron chi connectivity index (χ1n) is 5.19. The molecule has 2 heterocycles. The predicted octanol–water partition coefficient (Wildman–Crippen LogP) is -0.193. The summed E-state index contributed by atoms with van der Waals surface area (Å²) in [5.41, 5.74) is 6.92. The predicted molar refractivity (Wildman–Crippen MR) is 59.6 cm³/mol. The van der Waals surface area contributed by atoms with Crippen LogP contribution in [0.3, 0.4) is 0 Å². The molecule has 0 radical (unpaired) electrons. The molecule has 1 saturated heterocycles. The first-order valence-corrected chi connectivity index (χ1v) is 5.19. The van der Waals surface area contributed by atoms with E-state index in [9.17, 15) is 0 Å². The molecule has 1 aliphatic rings. The number of nitrogens with two attached hydrogens (primary N) is 1. The number of hydrogen-bond acceptors (Lipinski definition) is 5. The van der Waals surface area contributed by atoms with Crippen LogP contribution in [0, 0.1) is 0 Å². The van der Waals surface area contributed by atoms with Gasteiger partial charge in [-0.05, 0) is 0 Å². The molecule has 6 nitrogen and oxygen atoms in total. The summed E-state index contributed by atoms with van der Waals surface area (Å²) in [4.78, 5) is 2.21. The van der Waals surface area contributed by atoms with Crippen LogP contribution < -0.4 is 5.73 Å². The monoisotopic (exact) mass is 226 g/mol. The summed E-state index contributed by atoms with van der Waals surface area (Å²) >= 11 is 0. The molecule has 90 valence electrons. The van der Waals surface area contributed by atoms with Gasteiger partial charge in [0.2, 0.25) is 0 Å². The van der Waals surface area contributed by atoms with Gasteiger partial charge < -0.3 is 15.2 Å². The highest BCUT2D eigenvalue weighted by Crippen LogP contribution is 2.27. The van der Waals surface area contributed by atoms with Gasteiger partial charge in [0.1, 0.15) is 5.82 Å². The zero-order valence-electron chi connectivity index (χ0n) is 9.93. The van der Waals surface area contributed by atoms with Crippen LogP contribution >= 0.6 is 0 Å². The maximum Gasteiger partial charge on any atom is 0.193 e. The SMILES string of the molecule is COC1(OC)CN(Cc2cnn(C)c2N)C1. The summed E-state index contributed by atoms with van der Waals surface area (Å²) in [7, 11) is 5.17. The standard InChI is InChI=1S/C10H18N4O2/c1-13-9(11)8(4-12-13)5-14-6-10(7-14,15-2)16-3/h4H,5-7,11H2,1-3H3. The van der Waals surface area contributed by atoms with Gasteiger partial charge in [-0.1, -0.05) is 0 Å². The fraction of sp³-hybridized carbons (Fsp3) is 0.700. The number of nitrogen functional groups attached to an aromatic ring is 1. The van der Waals surface area contributed by atoms with Crippen molar-refractivity contribution < 1.29 is 9.47 Å². The minimum atomic E-state index is -0.434. The molecule has 0 amide bonds. The van der Waals surface area contributed by atoms with E-state index >= 15 is 0 Å². The van der Waals surface area contributed by atoms with Crippen LogP contribution in [-0.4, -0.2) is 47.8 Å². The van der Waals surface area contributed by atoms with Crippen LogP contribution in [-0.2, 0) is 23.1 Å². The van der Waals surface area contributed by atoms with Gasteiger partial charge in [0, 0.05) is 33.4 Å². The van der Waals surface area contributed by atoms with E-state index in [0.717, 1.165) is 25.2 Å². The van der Waals surface area contributed by atoms with Crippen molar-refractivity contribution in [1.82, 2.24) is 14.7 Å². The molecule has 1 fully saturated rings. The number of anilines is 1. The molecule has 1 aromatic rings. The van der Waals surface area contributed by atoms with Crippen molar-refractivity contribution in [1.29, 1.82) is 0 Å². The van der Waals surface area contributed by atoms with Crippen molar-refractivity contribution in [3.05, 3.63) is 11.8 Å². The van der Waals surface area contributed by atoms with Crippen molar-refractivity contribution in [2.45, 2.75) is 12.3 Å². The lowest BCUT2D eigenvalue weighted by Crippen LogP contribution is -2.63. The molecule has 1 aliphatic heterocycles. The van der Waals surface area contributed by atoms with Crippen LogP contribution in [0.5, 0.6) is 0 Å². The molecule has 1 aromatic heterocycles. The number of aryl methyl sites for hydroxylation is 1. The number of likely N-dealkylation sites (tertiary alicyclic amines) is 1. The Kier molecular flexibility index (Phi) is 2.88.